The lowest BCUT2D eigenvalue weighted by atomic mass is 10.1. The summed E-state index contributed by atoms with van der Waals surface area (Å²) in [6.45, 7) is 2.87. The van der Waals surface area contributed by atoms with Gasteiger partial charge in [0.1, 0.15) is 5.75 Å². The van der Waals surface area contributed by atoms with E-state index in [1.807, 2.05) is 18.2 Å². The first-order valence-corrected chi connectivity index (χ1v) is 10.9. The van der Waals surface area contributed by atoms with Gasteiger partial charge in [-0.1, -0.05) is 30.7 Å². The third-order valence-electron chi connectivity index (χ3n) is 4.95. The van der Waals surface area contributed by atoms with Gasteiger partial charge < -0.3 is 10.1 Å². The van der Waals surface area contributed by atoms with Gasteiger partial charge in [0.2, 0.25) is 15.9 Å². The molecule has 2 aromatic carbocycles. The third-order valence-corrected chi connectivity index (χ3v) is 6.99. The van der Waals surface area contributed by atoms with Crippen molar-refractivity contribution < 1.29 is 17.9 Å². The topological polar surface area (TPSA) is 75.7 Å². The van der Waals surface area contributed by atoms with Crippen LogP contribution in [-0.2, 0) is 21.2 Å². The SMILES string of the molecule is COc1ccccc1CC(=O)Nc1ccc(C)c(S(=O)(=O)N2CCCCC2)c1. The van der Waals surface area contributed by atoms with Crippen LogP contribution in [0, 0.1) is 6.92 Å². The number of hydrogen-bond donors (Lipinski definition) is 1. The number of benzene rings is 2. The van der Waals surface area contributed by atoms with Crippen molar-refractivity contribution in [2.75, 3.05) is 25.5 Å². The summed E-state index contributed by atoms with van der Waals surface area (Å²) < 4.78 is 32.9. The number of hydrogen-bond acceptors (Lipinski definition) is 4. The highest BCUT2D eigenvalue weighted by molar-refractivity contribution is 7.89. The molecule has 0 atom stereocenters. The molecule has 1 N–H and O–H groups in total. The number of nitrogens with zero attached hydrogens (tertiary/aromatic N) is 1. The van der Waals surface area contributed by atoms with Gasteiger partial charge in [-0.05, 0) is 43.5 Å². The van der Waals surface area contributed by atoms with Crippen LogP contribution in [0.15, 0.2) is 47.4 Å². The lowest BCUT2D eigenvalue weighted by Crippen LogP contribution is -2.36. The van der Waals surface area contributed by atoms with E-state index in [1.54, 1.807) is 42.6 Å². The average Bonchev–Trinajstić information content (AvgIpc) is 2.70. The minimum absolute atomic E-state index is 0.145. The van der Waals surface area contributed by atoms with E-state index in [4.69, 9.17) is 4.74 Å². The van der Waals surface area contributed by atoms with Crippen molar-refractivity contribution in [3.8, 4) is 5.75 Å². The zero-order chi connectivity index (χ0) is 20.1. The fourth-order valence-electron chi connectivity index (χ4n) is 3.43. The number of carbonyl (C=O) groups excluding carboxylic acids is 1. The first-order chi connectivity index (χ1) is 13.4. The van der Waals surface area contributed by atoms with Gasteiger partial charge in [-0.25, -0.2) is 8.42 Å². The summed E-state index contributed by atoms with van der Waals surface area (Å²) >= 11 is 0. The molecule has 1 aliphatic heterocycles. The number of sulfonamides is 1. The molecule has 0 radical (unpaired) electrons. The molecule has 0 bridgehead atoms. The highest BCUT2D eigenvalue weighted by Crippen LogP contribution is 2.26. The molecular formula is C21H26N2O4S. The molecule has 28 heavy (non-hydrogen) atoms. The number of amides is 1. The second kappa shape index (κ2) is 8.75. The first-order valence-electron chi connectivity index (χ1n) is 9.44. The number of aryl methyl sites for hydroxylation is 1. The smallest absolute Gasteiger partial charge is 0.243 e. The number of carbonyl (C=O) groups is 1. The summed E-state index contributed by atoms with van der Waals surface area (Å²) in [6, 6.07) is 12.3. The van der Waals surface area contributed by atoms with Crippen molar-refractivity contribution >= 4 is 21.6 Å². The Bertz CT molecular complexity index is 951. The van der Waals surface area contributed by atoms with Crippen LogP contribution in [0.1, 0.15) is 30.4 Å². The molecule has 6 nitrogen and oxygen atoms in total. The number of para-hydroxylation sites is 1. The highest BCUT2D eigenvalue weighted by atomic mass is 32.2. The van der Waals surface area contributed by atoms with Gasteiger partial charge in [-0.3, -0.25) is 4.79 Å². The lowest BCUT2D eigenvalue weighted by Gasteiger charge is -2.26. The quantitative estimate of drug-likeness (QED) is 0.804. The average molecular weight is 403 g/mol. The van der Waals surface area contributed by atoms with Crippen LogP contribution in [0.5, 0.6) is 5.75 Å². The fourth-order valence-corrected chi connectivity index (χ4v) is 5.20. The third kappa shape index (κ3) is 4.54. The summed E-state index contributed by atoms with van der Waals surface area (Å²) in [7, 11) is -1.99. The Balaban J connectivity index is 1.78. The predicted octanol–water partition coefficient (Wildman–Crippen LogP) is 3.36. The highest BCUT2D eigenvalue weighted by Gasteiger charge is 2.27. The molecule has 150 valence electrons. The predicted molar refractivity (Wildman–Crippen MR) is 109 cm³/mol. The summed E-state index contributed by atoms with van der Waals surface area (Å²) in [6.07, 6.45) is 2.97. The van der Waals surface area contributed by atoms with E-state index in [9.17, 15) is 13.2 Å². The van der Waals surface area contributed by atoms with Crippen LogP contribution in [0.4, 0.5) is 5.69 Å². The van der Waals surface area contributed by atoms with Gasteiger partial charge in [0.25, 0.3) is 0 Å². The van der Waals surface area contributed by atoms with Crippen LogP contribution in [0.25, 0.3) is 0 Å². The van der Waals surface area contributed by atoms with E-state index in [1.165, 1.54) is 0 Å². The zero-order valence-electron chi connectivity index (χ0n) is 16.3. The number of rotatable bonds is 6. The number of ether oxygens (including phenoxy) is 1. The van der Waals surface area contributed by atoms with Crippen molar-refractivity contribution in [1.29, 1.82) is 0 Å². The summed E-state index contributed by atoms with van der Waals surface area (Å²) in [5.41, 5.74) is 1.92. The molecule has 0 unspecified atom stereocenters. The van der Waals surface area contributed by atoms with Crippen molar-refractivity contribution in [2.24, 2.45) is 0 Å². The first kappa shape index (κ1) is 20.4. The van der Waals surface area contributed by atoms with E-state index in [2.05, 4.69) is 5.32 Å². The molecule has 2 aromatic rings. The maximum absolute atomic E-state index is 13.0. The van der Waals surface area contributed by atoms with E-state index in [0.717, 1.165) is 24.8 Å². The van der Waals surface area contributed by atoms with Gasteiger partial charge in [-0.15, -0.1) is 0 Å². The summed E-state index contributed by atoms with van der Waals surface area (Å²) in [4.78, 5) is 12.7. The second-order valence-corrected chi connectivity index (χ2v) is 8.89. The Morgan fingerprint density at radius 1 is 1.11 bits per heavy atom. The van der Waals surface area contributed by atoms with Crippen LogP contribution >= 0.6 is 0 Å². The number of anilines is 1. The summed E-state index contributed by atoms with van der Waals surface area (Å²) in [5, 5.41) is 2.81. The Morgan fingerprint density at radius 3 is 2.54 bits per heavy atom. The number of piperidine rings is 1. The summed E-state index contributed by atoms with van der Waals surface area (Å²) in [5.74, 6) is 0.421. The van der Waals surface area contributed by atoms with E-state index < -0.39 is 10.0 Å². The molecule has 0 aromatic heterocycles. The zero-order valence-corrected chi connectivity index (χ0v) is 17.1. The minimum atomic E-state index is -3.56. The van der Waals surface area contributed by atoms with Gasteiger partial charge in [0, 0.05) is 24.3 Å². The van der Waals surface area contributed by atoms with E-state index in [0.29, 0.717) is 30.1 Å². The van der Waals surface area contributed by atoms with Crippen LogP contribution < -0.4 is 10.1 Å². The molecule has 7 heteroatoms. The number of nitrogens with one attached hydrogen (secondary N) is 1. The molecular weight excluding hydrogens is 376 g/mol. The largest absolute Gasteiger partial charge is 0.496 e. The van der Waals surface area contributed by atoms with Gasteiger partial charge >= 0.3 is 0 Å². The second-order valence-electron chi connectivity index (χ2n) is 6.98. The van der Waals surface area contributed by atoms with Crippen molar-refractivity contribution in [3.63, 3.8) is 0 Å². The fraction of sp³-hybridized carbons (Fsp3) is 0.381. The lowest BCUT2D eigenvalue weighted by molar-refractivity contribution is -0.115. The maximum Gasteiger partial charge on any atom is 0.243 e. The van der Waals surface area contributed by atoms with Crippen molar-refractivity contribution in [1.82, 2.24) is 4.31 Å². The van der Waals surface area contributed by atoms with Gasteiger partial charge in [0.05, 0.1) is 18.4 Å². The number of methoxy groups -OCH3 is 1. The van der Waals surface area contributed by atoms with E-state index >= 15 is 0 Å². The molecule has 1 amide bonds. The normalized spacial score (nSPS) is 15.2. The Kier molecular flexibility index (Phi) is 6.36. The van der Waals surface area contributed by atoms with Crippen molar-refractivity contribution in [2.45, 2.75) is 37.5 Å². The maximum atomic E-state index is 13.0. The minimum Gasteiger partial charge on any atom is -0.496 e. The monoisotopic (exact) mass is 402 g/mol. The van der Waals surface area contributed by atoms with Crippen LogP contribution in [0.2, 0.25) is 0 Å². The Morgan fingerprint density at radius 2 is 1.82 bits per heavy atom. The molecule has 0 spiro atoms. The molecule has 0 aliphatic carbocycles. The van der Waals surface area contributed by atoms with Gasteiger partial charge in [-0.2, -0.15) is 4.31 Å². The molecule has 1 aliphatic rings. The van der Waals surface area contributed by atoms with Crippen LogP contribution in [0.3, 0.4) is 0 Å². The molecule has 3 rings (SSSR count). The Labute approximate surface area is 166 Å². The molecule has 1 saturated heterocycles. The van der Waals surface area contributed by atoms with Crippen molar-refractivity contribution in [3.05, 3.63) is 53.6 Å². The molecule has 0 saturated carbocycles. The standard InChI is InChI=1S/C21H26N2O4S/c1-16-10-11-18(15-20(16)28(25,26)23-12-6-3-7-13-23)22-21(24)14-17-8-4-5-9-19(17)27-2/h4-5,8-11,15H,3,6-7,12-14H2,1-2H3,(H,22,24). The van der Waals surface area contributed by atoms with E-state index in [-0.39, 0.29) is 17.2 Å². The molecule has 1 fully saturated rings. The Hall–Kier alpha value is -2.38. The van der Waals surface area contributed by atoms with Gasteiger partial charge in [0.15, 0.2) is 0 Å². The molecule has 1 heterocycles. The van der Waals surface area contributed by atoms with Crippen LogP contribution in [-0.4, -0.2) is 38.8 Å².